The van der Waals surface area contributed by atoms with E-state index in [2.05, 4.69) is 69.3 Å². The molecule has 0 aromatic heterocycles. The Kier molecular flexibility index (Phi) is 4.68. The minimum atomic E-state index is 0.189. The Balaban J connectivity index is 1.73. The number of rotatable bonds is 3. The van der Waals surface area contributed by atoms with Crippen molar-refractivity contribution in [3.63, 3.8) is 0 Å². The fourth-order valence-electron chi connectivity index (χ4n) is 2.53. The smallest absolute Gasteiger partial charge is 0.115 e. The number of phenolic OH excluding ortho intramolecular Hbond substituents is 1. The summed E-state index contributed by atoms with van der Waals surface area (Å²) in [6.07, 6.45) is 0. The predicted molar refractivity (Wildman–Crippen MR) is 103 cm³/mol. The molecule has 0 saturated carbocycles. The van der Waals surface area contributed by atoms with E-state index in [1.54, 1.807) is 23.9 Å². The molecule has 0 aliphatic rings. The van der Waals surface area contributed by atoms with Gasteiger partial charge in [-0.25, -0.2) is 0 Å². The van der Waals surface area contributed by atoms with Gasteiger partial charge >= 0.3 is 0 Å². The molecule has 2 heteroatoms. The van der Waals surface area contributed by atoms with Crippen molar-refractivity contribution in [3.05, 3.63) is 78.4 Å². The van der Waals surface area contributed by atoms with Crippen molar-refractivity contribution in [2.24, 2.45) is 0 Å². The molecule has 0 aliphatic carbocycles. The Labute approximate surface area is 148 Å². The van der Waals surface area contributed by atoms with Gasteiger partial charge in [0.25, 0.3) is 0 Å². The van der Waals surface area contributed by atoms with Crippen LogP contribution in [0, 0.1) is 0 Å². The zero-order valence-electron chi connectivity index (χ0n) is 14.3. The maximum atomic E-state index is 9.38. The number of benzene rings is 3. The lowest BCUT2D eigenvalue weighted by molar-refractivity contribution is 0.475. The van der Waals surface area contributed by atoms with Crippen LogP contribution in [-0.2, 0) is 5.41 Å². The van der Waals surface area contributed by atoms with Gasteiger partial charge in [0.1, 0.15) is 5.75 Å². The molecule has 0 radical (unpaired) electrons. The Morgan fingerprint density at radius 3 is 1.50 bits per heavy atom. The average Bonchev–Trinajstić information content (AvgIpc) is 2.56. The third kappa shape index (κ3) is 4.01. The Hall–Kier alpha value is -2.19. The van der Waals surface area contributed by atoms with Crippen molar-refractivity contribution in [2.45, 2.75) is 36.0 Å². The van der Waals surface area contributed by atoms with E-state index in [0.717, 1.165) is 11.1 Å². The molecule has 3 aromatic rings. The van der Waals surface area contributed by atoms with Gasteiger partial charge in [0, 0.05) is 9.79 Å². The van der Waals surface area contributed by atoms with Crippen LogP contribution in [0.2, 0.25) is 0 Å². The van der Waals surface area contributed by atoms with Gasteiger partial charge in [-0.2, -0.15) is 0 Å². The van der Waals surface area contributed by atoms with Crippen molar-refractivity contribution in [1.29, 1.82) is 0 Å². The zero-order valence-corrected chi connectivity index (χ0v) is 15.1. The lowest BCUT2D eigenvalue weighted by atomic mass is 9.87. The van der Waals surface area contributed by atoms with E-state index in [4.69, 9.17) is 0 Å². The molecule has 1 N–H and O–H groups in total. The van der Waals surface area contributed by atoms with Crippen LogP contribution in [0.4, 0.5) is 0 Å². The third-order valence-electron chi connectivity index (χ3n) is 4.01. The highest BCUT2D eigenvalue weighted by Gasteiger charge is 2.12. The largest absolute Gasteiger partial charge is 0.508 e. The van der Waals surface area contributed by atoms with Crippen LogP contribution in [0.25, 0.3) is 11.1 Å². The van der Waals surface area contributed by atoms with E-state index in [1.807, 2.05) is 12.1 Å². The van der Waals surface area contributed by atoms with E-state index in [-0.39, 0.29) is 5.41 Å². The monoisotopic (exact) mass is 334 g/mol. The van der Waals surface area contributed by atoms with E-state index < -0.39 is 0 Å². The second-order valence-corrected chi connectivity index (χ2v) is 8.09. The SMILES string of the molecule is CC(C)(C)c1ccc(Sc2ccc(-c3ccc(O)cc3)cc2)cc1. The van der Waals surface area contributed by atoms with Crippen LogP contribution < -0.4 is 0 Å². The van der Waals surface area contributed by atoms with Crippen LogP contribution in [0.5, 0.6) is 5.75 Å². The summed E-state index contributed by atoms with van der Waals surface area (Å²) in [6.45, 7) is 6.70. The van der Waals surface area contributed by atoms with Gasteiger partial charge in [-0.15, -0.1) is 0 Å². The zero-order chi connectivity index (χ0) is 17.2. The van der Waals surface area contributed by atoms with Crippen molar-refractivity contribution in [1.82, 2.24) is 0 Å². The van der Waals surface area contributed by atoms with Gasteiger partial charge in [0.15, 0.2) is 0 Å². The summed E-state index contributed by atoms with van der Waals surface area (Å²) in [5.74, 6) is 0.296. The average molecular weight is 334 g/mol. The second-order valence-electron chi connectivity index (χ2n) is 6.95. The minimum Gasteiger partial charge on any atom is -0.508 e. The van der Waals surface area contributed by atoms with E-state index in [1.165, 1.54) is 15.4 Å². The first-order valence-corrected chi connectivity index (χ1v) is 8.91. The number of hydrogen-bond donors (Lipinski definition) is 1. The Morgan fingerprint density at radius 1 is 0.625 bits per heavy atom. The molecule has 0 spiro atoms. The van der Waals surface area contributed by atoms with Gasteiger partial charge in [-0.3, -0.25) is 0 Å². The molecule has 24 heavy (non-hydrogen) atoms. The number of phenols is 1. The highest BCUT2D eigenvalue weighted by atomic mass is 32.2. The van der Waals surface area contributed by atoms with Crippen molar-refractivity contribution in [2.75, 3.05) is 0 Å². The van der Waals surface area contributed by atoms with Crippen LogP contribution in [-0.4, -0.2) is 5.11 Å². The molecule has 0 atom stereocenters. The number of aromatic hydroxyl groups is 1. The third-order valence-corrected chi connectivity index (χ3v) is 5.03. The lowest BCUT2D eigenvalue weighted by Crippen LogP contribution is -2.10. The fraction of sp³-hybridized carbons (Fsp3) is 0.182. The van der Waals surface area contributed by atoms with E-state index >= 15 is 0 Å². The molecule has 0 aliphatic heterocycles. The van der Waals surface area contributed by atoms with Crippen LogP contribution in [0.1, 0.15) is 26.3 Å². The summed E-state index contributed by atoms with van der Waals surface area (Å²) >= 11 is 1.77. The van der Waals surface area contributed by atoms with E-state index in [0.29, 0.717) is 5.75 Å². The molecular weight excluding hydrogens is 312 g/mol. The minimum absolute atomic E-state index is 0.189. The predicted octanol–water partition coefficient (Wildman–Crippen LogP) is 6.51. The molecule has 1 nitrogen and oxygen atoms in total. The van der Waals surface area contributed by atoms with Crippen molar-refractivity contribution < 1.29 is 5.11 Å². The van der Waals surface area contributed by atoms with Crippen LogP contribution in [0.15, 0.2) is 82.6 Å². The van der Waals surface area contributed by atoms with Gasteiger partial charge in [0.2, 0.25) is 0 Å². The molecular formula is C22H22OS. The van der Waals surface area contributed by atoms with Crippen molar-refractivity contribution >= 4 is 11.8 Å². The standard InChI is InChI=1S/C22H22OS/c1-22(2,3)18-8-14-21(15-9-18)24-20-12-6-17(7-13-20)16-4-10-19(23)11-5-16/h4-15,23H,1-3H3. The van der Waals surface area contributed by atoms with Gasteiger partial charge < -0.3 is 5.11 Å². The maximum Gasteiger partial charge on any atom is 0.115 e. The van der Waals surface area contributed by atoms with Gasteiger partial charge in [-0.05, 0) is 58.5 Å². The quantitative estimate of drug-likeness (QED) is 0.589. The highest BCUT2D eigenvalue weighted by Crippen LogP contribution is 2.32. The molecule has 0 bridgehead atoms. The summed E-state index contributed by atoms with van der Waals surface area (Å²) in [5.41, 5.74) is 3.81. The maximum absolute atomic E-state index is 9.38. The molecule has 0 amide bonds. The summed E-state index contributed by atoms with van der Waals surface area (Å²) in [7, 11) is 0. The fourth-order valence-corrected chi connectivity index (χ4v) is 3.34. The molecule has 0 heterocycles. The molecule has 0 fully saturated rings. The Morgan fingerprint density at radius 2 is 1.04 bits per heavy atom. The lowest BCUT2D eigenvalue weighted by Gasteiger charge is -2.19. The van der Waals surface area contributed by atoms with Gasteiger partial charge in [-0.1, -0.05) is 68.9 Å². The summed E-state index contributed by atoms with van der Waals surface area (Å²) in [6, 6.07) is 24.7. The molecule has 3 rings (SSSR count). The first-order valence-electron chi connectivity index (χ1n) is 8.10. The molecule has 122 valence electrons. The first kappa shape index (κ1) is 16.7. The van der Waals surface area contributed by atoms with Crippen molar-refractivity contribution in [3.8, 4) is 16.9 Å². The first-order chi connectivity index (χ1) is 11.4. The topological polar surface area (TPSA) is 20.2 Å². The van der Waals surface area contributed by atoms with E-state index in [9.17, 15) is 5.11 Å². The van der Waals surface area contributed by atoms with Crippen LogP contribution >= 0.6 is 11.8 Å². The molecule has 0 saturated heterocycles. The van der Waals surface area contributed by atoms with Crippen LogP contribution in [0.3, 0.4) is 0 Å². The normalized spacial score (nSPS) is 11.5. The Bertz CT molecular complexity index is 795. The molecule has 0 unspecified atom stereocenters. The van der Waals surface area contributed by atoms with Gasteiger partial charge in [0.05, 0.1) is 0 Å². The molecule has 3 aromatic carbocycles. The highest BCUT2D eigenvalue weighted by molar-refractivity contribution is 7.99. The summed E-state index contributed by atoms with van der Waals surface area (Å²) in [4.78, 5) is 2.47. The number of hydrogen-bond acceptors (Lipinski definition) is 2. The summed E-state index contributed by atoms with van der Waals surface area (Å²) < 4.78 is 0. The second kappa shape index (κ2) is 6.74. The summed E-state index contributed by atoms with van der Waals surface area (Å²) in [5, 5.41) is 9.38.